The van der Waals surface area contributed by atoms with Crippen LogP contribution in [0.25, 0.3) is 0 Å². The molecule has 1 aliphatic heterocycles. The molecule has 1 fully saturated rings. The molecule has 1 heterocycles. The fourth-order valence-electron chi connectivity index (χ4n) is 1.84. The summed E-state index contributed by atoms with van der Waals surface area (Å²) in [6.45, 7) is 0.911. The Balaban J connectivity index is 2.38. The van der Waals surface area contributed by atoms with Crippen LogP contribution in [0.2, 0.25) is 0 Å². The van der Waals surface area contributed by atoms with Crippen molar-refractivity contribution in [1.29, 1.82) is 0 Å². The minimum absolute atomic E-state index is 0.130. The average Bonchev–Trinajstić information content (AvgIpc) is 2.61. The molecule has 0 amide bonds. The van der Waals surface area contributed by atoms with Gasteiger partial charge < -0.3 is 5.73 Å². The van der Waals surface area contributed by atoms with Gasteiger partial charge in [0.2, 0.25) is 10.0 Å². The van der Waals surface area contributed by atoms with Gasteiger partial charge in [0.25, 0.3) is 0 Å². The van der Waals surface area contributed by atoms with E-state index in [0.29, 0.717) is 13.1 Å². The highest BCUT2D eigenvalue weighted by molar-refractivity contribution is 7.99. The van der Waals surface area contributed by atoms with Gasteiger partial charge >= 0.3 is 0 Å². The summed E-state index contributed by atoms with van der Waals surface area (Å²) in [6.07, 6.45) is 0.805. The van der Waals surface area contributed by atoms with Crippen molar-refractivity contribution >= 4 is 27.5 Å². The van der Waals surface area contributed by atoms with Crippen molar-refractivity contribution in [2.75, 3.05) is 30.3 Å². The van der Waals surface area contributed by atoms with Crippen LogP contribution >= 0.6 is 11.8 Å². The van der Waals surface area contributed by atoms with Crippen LogP contribution in [0.4, 0.5) is 10.1 Å². The third-order valence-corrected chi connectivity index (χ3v) is 5.82. The lowest BCUT2D eigenvalue weighted by atomic mass is 10.3. The highest BCUT2D eigenvalue weighted by Crippen LogP contribution is 2.26. The molecule has 18 heavy (non-hydrogen) atoms. The first-order chi connectivity index (χ1) is 8.53. The summed E-state index contributed by atoms with van der Waals surface area (Å²) in [5, 5.41) is 0. The first kappa shape index (κ1) is 13.6. The van der Waals surface area contributed by atoms with Gasteiger partial charge in [-0.15, -0.1) is 0 Å². The van der Waals surface area contributed by atoms with Crippen molar-refractivity contribution in [2.45, 2.75) is 11.3 Å². The van der Waals surface area contributed by atoms with Gasteiger partial charge in [0.1, 0.15) is 10.7 Å². The van der Waals surface area contributed by atoms with E-state index < -0.39 is 15.8 Å². The van der Waals surface area contributed by atoms with E-state index >= 15 is 0 Å². The Labute approximate surface area is 110 Å². The Kier molecular flexibility index (Phi) is 4.14. The Morgan fingerprint density at radius 3 is 2.83 bits per heavy atom. The van der Waals surface area contributed by atoms with Gasteiger partial charge in [-0.25, -0.2) is 12.8 Å². The number of benzene rings is 1. The summed E-state index contributed by atoms with van der Waals surface area (Å²) in [4.78, 5) is -0.130. The maximum Gasteiger partial charge on any atom is 0.245 e. The lowest BCUT2D eigenvalue weighted by Gasteiger charge is -2.20. The molecule has 2 N–H and O–H groups in total. The predicted molar refractivity (Wildman–Crippen MR) is 71.5 cm³/mol. The van der Waals surface area contributed by atoms with Gasteiger partial charge in [-0.1, -0.05) is 6.07 Å². The van der Waals surface area contributed by atoms with E-state index in [9.17, 15) is 12.8 Å². The van der Waals surface area contributed by atoms with Crippen molar-refractivity contribution in [1.82, 2.24) is 4.31 Å². The standard InChI is InChI=1S/C11H15FN2O2S2/c12-9-3-1-4-10(11(9)13)18(15,16)14-5-2-7-17-8-6-14/h1,3-4H,2,5-8,13H2. The molecular formula is C11H15FN2O2S2. The smallest absolute Gasteiger partial charge is 0.245 e. The van der Waals surface area contributed by atoms with Crippen LogP contribution in [-0.4, -0.2) is 37.3 Å². The minimum atomic E-state index is -3.68. The minimum Gasteiger partial charge on any atom is -0.395 e. The summed E-state index contributed by atoms with van der Waals surface area (Å²) >= 11 is 1.73. The van der Waals surface area contributed by atoms with Gasteiger partial charge in [-0.3, -0.25) is 0 Å². The van der Waals surface area contributed by atoms with Crippen molar-refractivity contribution in [3.63, 3.8) is 0 Å². The van der Waals surface area contributed by atoms with Gasteiger partial charge in [0.15, 0.2) is 0 Å². The predicted octanol–water partition coefficient (Wildman–Crippen LogP) is 1.54. The number of hydrogen-bond acceptors (Lipinski definition) is 4. The maximum atomic E-state index is 13.3. The van der Waals surface area contributed by atoms with E-state index in [2.05, 4.69) is 0 Å². The van der Waals surface area contributed by atoms with E-state index in [1.165, 1.54) is 16.4 Å². The number of halogens is 1. The number of rotatable bonds is 2. The fraction of sp³-hybridized carbons (Fsp3) is 0.455. The normalized spacial score (nSPS) is 18.5. The van der Waals surface area contributed by atoms with Crippen LogP contribution in [0.1, 0.15) is 6.42 Å². The number of thioether (sulfide) groups is 1. The monoisotopic (exact) mass is 290 g/mol. The summed E-state index contributed by atoms with van der Waals surface area (Å²) in [6, 6.07) is 3.88. The number of nitrogen functional groups attached to an aromatic ring is 1. The number of sulfonamides is 1. The largest absolute Gasteiger partial charge is 0.395 e. The van der Waals surface area contributed by atoms with E-state index in [0.717, 1.165) is 24.0 Å². The zero-order chi connectivity index (χ0) is 13.2. The first-order valence-electron chi connectivity index (χ1n) is 5.65. The second-order valence-electron chi connectivity index (χ2n) is 4.02. The topological polar surface area (TPSA) is 63.4 Å². The van der Waals surface area contributed by atoms with E-state index in [1.807, 2.05) is 0 Å². The van der Waals surface area contributed by atoms with E-state index in [1.54, 1.807) is 11.8 Å². The Bertz CT molecular complexity index is 526. The molecule has 0 bridgehead atoms. The van der Waals surface area contributed by atoms with Crippen molar-refractivity contribution in [3.05, 3.63) is 24.0 Å². The highest BCUT2D eigenvalue weighted by atomic mass is 32.2. The molecule has 0 radical (unpaired) electrons. The lowest BCUT2D eigenvalue weighted by Crippen LogP contribution is -2.33. The van der Waals surface area contributed by atoms with Crippen molar-refractivity contribution in [3.8, 4) is 0 Å². The molecule has 1 aromatic carbocycles. The molecule has 0 spiro atoms. The van der Waals surface area contributed by atoms with Crippen LogP contribution < -0.4 is 5.73 Å². The maximum absolute atomic E-state index is 13.3. The molecule has 100 valence electrons. The molecule has 4 nitrogen and oxygen atoms in total. The molecule has 1 saturated heterocycles. The van der Waals surface area contributed by atoms with Crippen LogP contribution in [0, 0.1) is 5.82 Å². The summed E-state index contributed by atoms with van der Waals surface area (Å²) in [5.74, 6) is 1.01. The number of nitrogens with zero attached hydrogens (tertiary/aromatic N) is 1. The highest BCUT2D eigenvalue weighted by Gasteiger charge is 2.27. The molecule has 1 aliphatic rings. The quantitative estimate of drug-likeness (QED) is 0.839. The second-order valence-corrected chi connectivity index (χ2v) is 7.15. The zero-order valence-electron chi connectivity index (χ0n) is 9.80. The van der Waals surface area contributed by atoms with E-state index in [4.69, 9.17) is 5.73 Å². The van der Waals surface area contributed by atoms with Crippen LogP contribution in [-0.2, 0) is 10.0 Å². The first-order valence-corrected chi connectivity index (χ1v) is 8.25. The molecule has 0 saturated carbocycles. The number of hydrogen-bond donors (Lipinski definition) is 1. The summed E-state index contributed by atoms with van der Waals surface area (Å²) in [5.41, 5.74) is 5.23. The summed E-state index contributed by atoms with van der Waals surface area (Å²) in [7, 11) is -3.68. The number of para-hydroxylation sites is 1. The fourth-order valence-corrected chi connectivity index (χ4v) is 4.45. The molecule has 7 heteroatoms. The van der Waals surface area contributed by atoms with Crippen molar-refractivity contribution in [2.24, 2.45) is 0 Å². The Hall–Kier alpha value is -0.790. The number of anilines is 1. The van der Waals surface area contributed by atoms with Crippen LogP contribution in [0.3, 0.4) is 0 Å². The molecule has 1 aromatic rings. The molecule has 0 atom stereocenters. The molecular weight excluding hydrogens is 275 g/mol. The summed E-state index contributed by atoms with van der Waals surface area (Å²) < 4.78 is 39.5. The van der Waals surface area contributed by atoms with Crippen LogP contribution in [0.15, 0.2) is 23.1 Å². The molecule has 0 aromatic heterocycles. The van der Waals surface area contributed by atoms with Gasteiger partial charge in [0, 0.05) is 18.8 Å². The van der Waals surface area contributed by atoms with Gasteiger partial charge in [-0.2, -0.15) is 16.1 Å². The Morgan fingerprint density at radius 2 is 2.06 bits per heavy atom. The van der Waals surface area contributed by atoms with Gasteiger partial charge in [0.05, 0.1) is 5.69 Å². The molecule has 2 rings (SSSR count). The third-order valence-electron chi connectivity index (χ3n) is 2.81. The zero-order valence-corrected chi connectivity index (χ0v) is 11.4. The SMILES string of the molecule is Nc1c(F)cccc1S(=O)(=O)N1CCCSCC1. The average molecular weight is 290 g/mol. The van der Waals surface area contributed by atoms with Crippen LogP contribution in [0.5, 0.6) is 0 Å². The lowest BCUT2D eigenvalue weighted by molar-refractivity contribution is 0.435. The van der Waals surface area contributed by atoms with Gasteiger partial charge in [-0.05, 0) is 24.3 Å². The van der Waals surface area contributed by atoms with E-state index in [-0.39, 0.29) is 10.6 Å². The second kappa shape index (κ2) is 5.46. The molecule has 0 unspecified atom stereocenters. The number of nitrogens with two attached hydrogens (primary N) is 1. The van der Waals surface area contributed by atoms with Crippen molar-refractivity contribution < 1.29 is 12.8 Å². The molecule has 0 aliphatic carbocycles. The third kappa shape index (κ3) is 2.62. The Morgan fingerprint density at radius 1 is 1.28 bits per heavy atom.